The minimum absolute atomic E-state index is 0.112. The smallest absolute Gasteiger partial charge is 0.324 e. The van der Waals surface area contributed by atoms with Crippen molar-refractivity contribution in [3.8, 4) is 0 Å². The monoisotopic (exact) mass is 200 g/mol. The van der Waals surface area contributed by atoms with Gasteiger partial charge in [-0.2, -0.15) is 0 Å². The van der Waals surface area contributed by atoms with Crippen LogP contribution in [-0.2, 0) is 4.84 Å². The maximum absolute atomic E-state index is 10.3. The molecule has 0 fully saturated rings. The quantitative estimate of drug-likeness (QED) is 0.426. The number of hydrogen-bond donors (Lipinski definition) is 0. The maximum Gasteiger partial charge on any atom is 0.324 e. The molecule has 0 aliphatic heterocycles. The Hall–Kier alpha value is -1.43. The molecule has 0 radical (unpaired) electrons. The van der Waals surface area contributed by atoms with Crippen molar-refractivity contribution in [1.82, 2.24) is 0 Å². The van der Waals surface area contributed by atoms with Gasteiger partial charge in [-0.1, -0.05) is 16.5 Å². The summed E-state index contributed by atoms with van der Waals surface area (Å²) in [4.78, 5) is 15.2. The minimum Gasteiger partial charge on any atom is -0.399 e. The minimum atomic E-state index is -0.422. The van der Waals surface area contributed by atoms with Gasteiger partial charge in [-0.3, -0.25) is 10.1 Å². The van der Waals surface area contributed by atoms with Gasteiger partial charge in [0.1, 0.15) is 7.11 Å². The molecule has 0 amide bonds. The molecule has 0 aromatic carbocycles. The molecule has 1 rings (SSSR count). The second-order valence-electron chi connectivity index (χ2n) is 2.25. The number of thiophene rings is 1. The predicted molar refractivity (Wildman–Crippen MR) is 50.2 cm³/mol. The average molecular weight is 200 g/mol. The van der Waals surface area contributed by atoms with E-state index in [1.807, 2.05) is 0 Å². The summed E-state index contributed by atoms with van der Waals surface area (Å²) in [7, 11) is 1.44. The highest BCUT2D eigenvalue weighted by atomic mass is 32.1. The van der Waals surface area contributed by atoms with Crippen LogP contribution in [-0.4, -0.2) is 17.7 Å². The van der Waals surface area contributed by atoms with E-state index in [4.69, 9.17) is 0 Å². The summed E-state index contributed by atoms with van der Waals surface area (Å²) < 4.78 is 0. The van der Waals surface area contributed by atoms with Crippen molar-refractivity contribution in [2.75, 3.05) is 7.11 Å². The molecule has 0 bridgehead atoms. The van der Waals surface area contributed by atoms with Crippen molar-refractivity contribution in [3.63, 3.8) is 0 Å². The summed E-state index contributed by atoms with van der Waals surface area (Å²) in [5.41, 5.74) is 0.639. The van der Waals surface area contributed by atoms with E-state index in [0.29, 0.717) is 5.71 Å². The third kappa shape index (κ3) is 2.25. The van der Waals surface area contributed by atoms with Crippen LogP contribution < -0.4 is 0 Å². The molecule has 0 saturated heterocycles. The third-order valence-corrected chi connectivity index (χ3v) is 2.50. The third-order valence-electron chi connectivity index (χ3n) is 1.36. The van der Waals surface area contributed by atoms with Crippen LogP contribution in [0.5, 0.6) is 0 Å². The van der Waals surface area contributed by atoms with Crippen LogP contribution in [0.1, 0.15) is 11.8 Å². The van der Waals surface area contributed by atoms with Gasteiger partial charge in [0, 0.05) is 6.07 Å². The first kappa shape index (κ1) is 9.66. The Morgan fingerprint density at radius 1 is 1.69 bits per heavy atom. The predicted octanol–water partition coefficient (Wildman–Crippen LogP) is 2.03. The van der Waals surface area contributed by atoms with Crippen LogP contribution in [0.3, 0.4) is 0 Å². The maximum atomic E-state index is 10.3. The fraction of sp³-hybridized carbons (Fsp3) is 0.286. The molecule has 0 unspecified atom stereocenters. The Morgan fingerprint density at radius 2 is 2.38 bits per heavy atom. The van der Waals surface area contributed by atoms with Crippen LogP contribution in [0.25, 0.3) is 0 Å². The molecule has 0 atom stereocenters. The summed E-state index contributed by atoms with van der Waals surface area (Å²) in [6.45, 7) is 1.74. The first-order valence-corrected chi connectivity index (χ1v) is 4.29. The lowest BCUT2D eigenvalue weighted by molar-refractivity contribution is -0.380. The van der Waals surface area contributed by atoms with Crippen molar-refractivity contribution in [3.05, 3.63) is 27.1 Å². The van der Waals surface area contributed by atoms with E-state index in [1.54, 1.807) is 13.0 Å². The van der Waals surface area contributed by atoms with Crippen LogP contribution in [0.2, 0.25) is 0 Å². The molecule has 0 aliphatic rings. The first-order chi connectivity index (χ1) is 6.15. The van der Waals surface area contributed by atoms with Gasteiger partial charge in [-0.05, 0) is 13.0 Å². The van der Waals surface area contributed by atoms with Crippen molar-refractivity contribution < 1.29 is 9.76 Å². The van der Waals surface area contributed by atoms with Gasteiger partial charge in [0.15, 0.2) is 0 Å². The van der Waals surface area contributed by atoms with E-state index in [-0.39, 0.29) is 5.00 Å². The molecule has 13 heavy (non-hydrogen) atoms. The summed E-state index contributed by atoms with van der Waals surface area (Å²) in [5.74, 6) is 0. The number of nitro groups is 1. The Balaban J connectivity index is 2.92. The lowest BCUT2D eigenvalue weighted by Gasteiger charge is -1.91. The zero-order chi connectivity index (χ0) is 9.84. The molecule has 70 valence electrons. The van der Waals surface area contributed by atoms with Crippen molar-refractivity contribution in [1.29, 1.82) is 0 Å². The van der Waals surface area contributed by atoms with Crippen LogP contribution >= 0.6 is 11.3 Å². The molecule has 5 nitrogen and oxygen atoms in total. The molecule has 0 spiro atoms. The van der Waals surface area contributed by atoms with E-state index >= 15 is 0 Å². The van der Waals surface area contributed by atoms with Crippen LogP contribution in [0, 0.1) is 10.1 Å². The van der Waals surface area contributed by atoms with E-state index < -0.39 is 4.92 Å². The van der Waals surface area contributed by atoms with Crippen molar-refractivity contribution in [2.24, 2.45) is 5.16 Å². The Morgan fingerprint density at radius 3 is 2.85 bits per heavy atom. The van der Waals surface area contributed by atoms with Gasteiger partial charge in [0.05, 0.1) is 15.5 Å². The fourth-order valence-corrected chi connectivity index (χ4v) is 1.56. The highest BCUT2D eigenvalue weighted by Crippen LogP contribution is 2.24. The summed E-state index contributed by atoms with van der Waals surface area (Å²) in [6, 6.07) is 3.11. The average Bonchev–Trinajstić information content (AvgIpc) is 2.52. The lowest BCUT2D eigenvalue weighted by Crippen LogP contribution is -1.90. The number of hydrogen-bond acceptors (Lipinski definition) is 5. The molecular formula is C7H8N2O3S. The van der Waals surface area contributed by atoms with E-state index in [1.165, 1.54) is 13.2 Å². The zero-order valence-electron chi connectivity index (χ0n) is 7.18. The topological polar surface area (TPSA) is 64.7 Å². The Kier molecular flexibility index (Phi) is 2.97. The molecule has 0 saturated carbocycles. The SMILES string of the molecule is CON=C(C)c1ccc([N+](=O)[O-])s1. The molecule has 1 aromatic heterocycles. The standard InChI is InChI=1S/C7H8N2O3S/c1-5(8-12-2)6-3-4-7(13-6)9(10)11/h3-4H,1-2H3. The van der Waals surface area contributed by atoms with Gasteiger partial charge in [0.2, 0.25) is 0 Å². The fourth-order valence-electron chi connectivity index (χ4n) is 0.802. The highest BCUT2D eigenvalue weighted by molar-refractivity contribution is 7.17. The molecule has 1 heterocycles. The van der Waals surface area contributed by atoms with Gasteiger partial charge in [-0.15, -0.1) is 0 Å². The van der Waals surface area contributed by atoms with Crippen LogP contribution in [0.15, 0.2) is 17.3 Å². The normalized spacial score (nSPS) is 11.4. The van der Waals surface area contributed by atoms with Gasteiger partial charge in [0.25, 0.3) is 0 Å². The van der Waals surface area contributed by atoms with Crippen molar-refractivity contribution in [2.45, 2.75) is 6.92 Å². The molecule has 6 heteroatoms. The molecule has 0 aliphatic carbocycles. The second kappa shape index (κ2) is 3.99. The first-order valence-electron chi connectivity index (χ1n) is 3.47. The van der Waals surface area contributed by atoms with Gasteiger partial charge < -0.3 is 4.84 Å². The lowest BCUT2D eigenvalue weighted by atomic mass is 10.3. The molecular weight excluding hydrogens is 192 g/mol. The molecule has 0 N–H and O–H groups in total. The highest BCUT2D eigenvalue weighted by Gasteiger charge is 2.11. The number of oxime groups is 1. The number of nitrogens with zero attached hydrogens (tertiary/aromatic N) is 2. The van der Waals surface area contributed by atoms with Gasteiger partial charge >= 0.3 is 5.00 Å². The second-order valence-corrected chi connectivity index (χ2v) is 3.32. The largest absolute Gasteiger partial charge is 0.399 e. The number of rotatable bonds is 3. The van der Waals surface area contributed by atoms with E-state index in [9.17, 15) is 10.1 Å². The Bertz CT molecular complexity index is 345. The summed E-state index contributed by atoms with van der Waals surface area (Å²) in [6.07, 6.45) is 0. The summed E-state index contributed by atoms with van der Waals surface area (Å²) >= 11 is 1.08. The Labute approximate surface area is 78.8 Å². The van der Waals surface area contributed by atoms with E-state index in [0.717, 1.165) is 16.2 Å². The van der Waals surface area contributed by atoms with Crippen LogP contribution in [0.4, 0.5) is 5.00 Å². The van der Waals surface area contributed by atoms with Crippen molar-refractivity contribution >= 4 is 22.0 Å². The van der Waals surface area contributed by atoms with E-state index in [2.05, 4.69) is 9.99 Å². The summed E-state index contributed by atoms with van der Waals surface area (Å²) in [5, 5.41) is 14.1. The molecule has 1 aromatic rings. The zero-order valence-corrected chi connectivity index (χ0v) is 8.00. The van der Waals surface area contributed by atoms with Gasteiger partial charge in [-0.25, -0.2) is 0 Å².